The number of nitrogens with one attached hydrogen (secondary N) is 2. The number of rotatable bonds is 10. The standard InChI is InChI=1S/C20H26N10O11P2S3/c21-19-25-14-10(16(44)27-19)23-4-29(14)9-1-6(31)7(39-9)2-38-43(36,46)41-13-8(3-37-42(33,34)35)40-18(12(13)32)30-5-24-11-15(30)26-20(22)28-17(11)45/h4-9,12-13,18,31-32H,1-3H2,(H,36,46)(H2,33,34,35)(H3,21,25,27,44)(H3,22,26,28,45)/t6?,7-,8-,9-,12?,13?,18-,43?/m1/s1. The van der Waals surface area contributed by atoms with Crippen molar-refractivity contribution >= 4 is 85.0 Å². The second kappa shape index (κ2) is 12.6. The molecule has 4 aromatic rings. The highest BCUT2D eigenvalue weighted by molar-refractivity contribution is 8.07. The summed E-state index contributed by atoms with van der Waals surface area (Å²) in [7, 11) is -4.99. The molecule has 250 valence electrons. The average Bonchev–Trinajstić information content (AvgIpc) is 3.72. The van der Waals surface area contributed by atoms with Crippen molar-refractivity contribution in [2.75, 3.05) is 24.7 Å². The summed E-state index contributed by atoms with van der Waals surface area (Å²) in [5.74, 6) is 0.00912. The number of aliphatic hydroxyl groups excluding tert-OH is 2. The fourth-order valence-corrected chi connectivity index (χ4v) is 7.34. The first-order valence-corrected chi connectivity index (χ1v) is 18.0. The number of fused-ring (bicyclic) bond motifs is 2. The molecular formula is C20H26N10O11P2S3. The molecule has 0 amide bonds. The van der Waals surface area contributed by atoms with Crippen molar-refractivity contribution in [1.82, 2.24) is 39.0 Å². The number of nitrogens with zero attached hydrogens (tertiary/aromatic N) is 6. The van der Waals surface area contributed by atoms with Crippen LogP contribution in [0.4, 0.5) is 11.9 Å². The third-order valence-corrected chi connectivity index (χ3v) is 9.70. The van der Waals surface area contributed by atoms with E-state index in [2.05, 4.69) is 34.4 Å². The quantitative estimate of drug-likeness (QED) is 0.0750. The number of hydrogen-bond donors (Lipinski definition) is 9. The lowest BCUT2D eigenvalue weighted by atomic mass is 10.1. The third-order valence-electron chi connectivity index (χ3n) is 7.06. The first-order valence-electron chi connectivity index (χ1n) is 13.1. The lowest BCUT2D eigenvalue weighted by Crippen LogP contribution is -2.36. The van der Waals surface area contributed by atoms with E-state index in [1.165, 1.54) is 21.8 Å². The van der Waals surface area contributed by atoms with Gasteiger partial charge < -0.3 is 60.3 Å². The van der Waals surface area contributed by atoms with Crippen LogP contribution >= 0.6 is 39.0 Å². The Morgan fingerprint density at radius 3 is 2.11 bits per heavy atom. The van der Waals surface area contributed by atoms with E-state index in [4.69, 9.17) is 66.2 Å². The smallest absolute Gasteiger partial charge is 0.390 e. The first-order chi connectivity index (χ1) is 21.6. The second-order valence-corrected chi connectivity index (χ2v) is 15.0. The fraction of sp³-hybridized carbons (Fsp3) is 0.500. The van der Waals surface area contributed by atoms with Gasteiger partial charge in [-0.1, -0.05) is 24.4 Å². The predicted molar refractivity (Wildman–Crippen MR) is 164 cm³/mol. The summed E-state index contributed by atoms with van der Waals surface area (Å²) in [6, 6.07) is 0. The van der Waals surface area contributed by atoms with Crippen molar-refractivity contribution in [2.24, 2.45) is 0 Å². The lowest BCUT2D eigenvalue weighted by molar-refractivity contribution is -0.0520. The number of phosphoric ester groups is 1. The van der Waals surface area contributed by atoms with Gasteiger partial charge in [0.15, 0.2) is 17.5 Å². The molecule has 0 radical (unpaired) electrons. The minimum Gasteiger partial charge on any atom is -0.390 e. The number of anilines is 2. The number of aromatic nitrogens is 8. The predicted octanol–water partition coefficient (Wildman–Crippen LogP) is -0.210. The molecule has 6 heterocycles. The maximum absolute atomic E-state index is 11.4. The van der Waals surface area contributed by atoms with Crippen LogP contribution in [0.2, 0.25) is 0 Å². The maximum atomic E-state index is 11.4. The van der Waals surface area contributed by atoms with Gasteiger partial charge in [-0.2, -0.15) is 9.97 Å². The normalized spacial score (nSPS) is 28.3. The van der Waals surface area contributed by atoms with Crippen LogP contribution < -0.4 is 11.5 Å². The highest BCUT2D eigenvalue weighted by Gasteiger charge is 2.49. The second-order valence-electron chi connectivity index (χ2n) is 10.2. The summed E-state index contributed by atoms with van der Waals surface area (Å²) in [6.07, 6.45) is -5.97. The number of aliphatic hydroxyl groups is 2. The molecule has 0 spiro atoms. The lowest BCUT2D eigenvalue weighted by Gasteiger charge is -2.26. The zero-order valence-electron chi connectivity index (χ0n) is 23.0. The van der Waals surface area contributed by atoms with Crippen molar-refractivity contribution in [3.63, 3.8) is 0 Å². The van der Waals surface area contributed by atoms with Crippen LogP contribution in [-0.4, -0.2) is 108 Å². The molecule has 2 saturated heterocycles. The monoisotopic (exact) mass is 740 g/mol. The van der Waals surface area contributed by atoms with Gasteiger partial charge in [0.05, 0.1) is 32.0 Å². The van der Waals surface area contributed by atoms with E-state index in [0.29, 0.717) is 11.2 Å². The van der Waals surface area contributed by atoms with Gasteiger partial charge in [-0.25, -0.2) is 14.5 Å². The van der Waals surface area contributed by atoms with Crippen molar-refractivity contribution in [3.05, 3.63) is 21.9 Å². The van der Waals surface area contributed by atoms with E-state index in [1.54, 1.807) is 0 Å². The molecule has 0 bridgehead atoms. The summed E-state index contributed by atoms with van der Waals surface area (Å²) in [4.78, 5) is 51.5. The Hall–Kier alpha value is -2.38. The maximum Gasteiger partial charge on any atom is 0.469 e. The van der Waals surface area contributed by atoms with Gasteiger partial charge in [0.2, 0.25) is 11.9 Å². The largest absolute Gasteiger partial charge is 0.469 e. The number of hydrogen-bond acceptors (Lipinski definition) is 17. The molecule has 11 N–H and O–H groups in total. The number of nitrogens with two attached hydrogens (primary N) is 2. The van der Waals surface area contributed by atoms with E-state index >= 15 is 0 Å². The highest BCUT2D eigenvalue weighted by Crippen LogP contribution is 2.50. The number of phosphoric acid groups is 1. The SMILES string of the molecule is Nc1nc2c(ncn2[C@@H]2O[C@H](COP(=O)(O)O)C(OP(O)(=S)OC[C@H]3O[C@@H](n4cnc5c(=S)[nH]c(N)nc54)CC3O)C2O)c(=S)[nH]1. The van der Waals surface area contributed by atoms with Crippen molar-refractivity contribution < 1.29 is 52.5 Å². The number of ether oxygens (including phenoxy) is 2. The van der Waals surface area contributed by atoms with E-state index in [1.807, 2.05) is 0 Å². The van der Waals surface area contributed by atoms with Crippen LogP contribution in [0, 0.1) is 9.28 Å². The van der Waals surface area contributed by atoms with Crippen LogP contribution in [0.25, 0.3) is 22.3 Å². The molecule has 2 aliphatic rings. The molecular weight excluding hydrogens is 714 g/mol. The van der Waals surface area contributed by atoms with Gasteiger partial charge in [0, 0.05) is 6.42 Å². The van der Waals surface area contributed by atoms with Crippen molar-refractivity contribution in [3.8, 4) is 0 Å². The Kier molecular flexibility index (Phi) is 9.16. The minimum absolute atomic E-state index is 0.0519. The van der Waals surface area contributed by atoms with Gasteiger partial charge in [0.25, 0.3) is 0 Å². The topological polar surface area (TPSA) is 309 Å². The van der Waals surface area contributed by atoms with E-state index < -0.39 is 70.7 Å². The highest BCUT2D eigenvalue weighted by atomic mass is 32.5. The zero-order chi connectivity index (χ0) is 33.1. The van der Waals surface area contributed by atoms with Gasteiger partial charge in [-0.3, -0.25) is 18.2 Å². The summed E-state index contributed by atoms with van der Waals surface area (Å²) < 4.78 is 42.1. The van der Waals surface area contributed by atoms with Crippen LogP contribution in [-0.2, 0) is 39.4 Å². The summed E-state index contributed by atoms with van der Waals surface area (Å²) >= 11 is 15.6. The zero-order valence-corrected chi connectivity index (χ0v) is 27.2. The molecule has 4 aromatic heterocycles. The Labute approximate surface area is 272 Å². The van der Waals surface area contributed by atoms with E-state index in [0.717, 1.165) is 0 Å². The van der Waals surface area contributed by atoms with E-state index in [9.17, 15) is 29.5 Å². The molecule has 0 aliphatic carbocycles. The van der Waals surface area contributed by atoms with E-state index in [-0.39, 0.29) is 38.8 Å². The molecule has 6 rings (SSSR count). The molecule has 8 atom stereocenters. The summed E-state index contributed by atoms with van der Waals surface area (Å²) in [6.45, 7) is -5.49. The third kappa shape index (κ3) is 6.78. The van der Waals surface area contributed by atoms with Gasteiger partial charge in [0.1, 0.15) is 51.0 Å². The Balaban J connectivity index is 1.17. The van der Waals surface area contributed by atoms with Crippen LogP contribution in [0.15, 0.2) is 12.7 Å². The number of imidazole rings is 2. The Morgan fingerprint density at radius 2 is 1.50 bits per heavy atom. The summed E-state index contributed by atoms with van der Waals surface area (Å²) in [5.41, 5.74) is 12.6. The number of nitrogen functional groups attached to an aromatic ring is 2. The van der Waals surface area contributed by atoms with Crippen LogP contribution in [0.3, 0.4) is 0 Å². The molecule has 0 aromatic carbocycles. The Bertz CT molecular complexity index is 2000. The van der Waals surface area contributed by atoms with Gasteiger partial charge in [-0.15, -0.1) is 0 Å². The first kappa shape index (κ1) is 33.5. The fourth-order valence-electron chi connectivity index (χ4n) is 5.06. The molecule has 2 fully saturated rings. The van der Waals surface area contributed by atoms with Crippen molar-refractivity contribution in [2.45, 2.75) is 49.4 Å². The molecule has 2 aliphatic heterocycles. The molecule has 21 nitrogen and oxygen atoms in total. The van der Waals surface area contributed by atoms with Gasteiger partial charge in [-0.05, 0) is 11.8 Å². The molecule has 26 heteroatoms. The Morgan fingerprint density at radius 1 is 0.935 bits per heavy atom. The number of H-pyrrole nitrogens is 2. The molecule has 4 unspecified atom stereocenters. The minimum atomic E-state index is -4.99. The van der Waals surface area contributed by atoms with Crippen LogP contribution in [0.1, 0.15) is 18.9 Å². The van der Waals surface area contributed by atoms with Crippen LogP contribution in [0.5, 0.6) is 0 Å². The number of aromatic amines is 2. The molecule has 0 saturated carbocycles. The van der Waals surface area contributed by atoms with Crippen molar-refractivity contribution in [1.29, 1.82) is 0 Å². The average molecular weight is 741 g/mol. The summed E-state index contributed by atoms with van der Waals surface area (Å²) in [5, 5.41) is 21.9. The molecule has 46 heavy (non-hydrogen) atoms. The van der Waals surface area contributed by atoms with Gasteiger partial charge >= 0.3 is 14.5 Å².